The number of rotatable bonds is 8. The molecule has 220 valence electrons. The Morgan fingerprint density at radius 2 is 1.95 bits per heavy atom. The predicted molar refractivity (Wildman–Crippen MR) is 148 cm³/mol. The molecule has 2 aliphatic rings. The number of halogens is 1. The number of benzene rings is 1. The lowest BCUT2D eigenvalue weighted by atomic mass is 9.76. The molecule has 3 aromatic rings. The maximum absolute atomic E-state index is 14.5. The Hall–Kier alpha value is -4.81. The van der Waals surface area contributed by atoms with E-state index in [-0.39, 0.29) is 48.6 Å². The average molecular weight is 579 g/mol. The van der Waals surface area contributed by atoms with Gasteiger partial charge in [-0.25, -0.2) is 13.9 Å². The smallest absolute Gasteiger partial charge is 0.311 e. The average Bonchev–Trinajstić information content (AvgIpc) is 3.38. The SMILES string of the molecule is CCN1C(=O)COc2ccc(CNC(=O)c3cc(C(=O)NCC4=CCC(C)(C(=O)OC)CC4)n4ncc(F)c4n3)cc21. The van der Waals surface area contributed by atoms with Crippen LogP contribution in [-0.4, -0.2) is 65.1 Å². The van der Waals surface area contributed by atoms with Gasteiger partial charge in [-0.3, -0.25) is 19.2 Å². The lowest BCUT2D eigenvalue weighted by Crippen LogP contribution is -2.38. The van der Waals surface area contributed by atoms with Crippen LogP contribution in [0.1, 0.15) is 59.7 Å². The van der Waals surface area contributed by atoms with Crippen LogP contribution < -0.4 is 20.3 Å². The molecule has 1 unspecified atom stereocenters. The number of likely N-dealkylation sites (N-methyl/N-ethyl adjacent to an activating group) is 1. The van der Waals surface area contributed by atoms with Crippen molar-refractivity contribution in [3.05, 3.63) is 64.9 Å². The summed E-state index contributed by atoms with van der Waals surface area (Å²) in [4.78, 5) is 56.2. The number of fused-ring (bicyclic) bond motifs is 2. The van der Waals surface area contributed by atoms with Crippen LogP contribution in [-0.2, 0) is 20.9 Å². The van der Waals surface area contributed by atoms with E-state index in [2.05, 4.69) is 20.7 Å². The molecule has 2 aromatic heterocycles. The van der Waals surface area contributed by atoms with Gasteiger partial charge in [-0.05, 0) is 50.8 Å². The van der Waals surface area contributed by atoms with Crippen molar-refractivity contribution in [1.29, 1.82) is 0 Å². The maximum Gasteiger partial charge on any atom is 0.311 e. The van der Waals surface area contributed by atoms with Gasteiger partial charge in [0, 0.05) is 25.7 Å². The van der Waals surface area contributed by atoms with Gasteiger partial charge < -0.3 is 25.0 Å². The van der Waals surface area contributed by atoms with Crippen molar-refractivity contribution < 1.29 is 33.0 Å². The number of nitrogens with zero attached hydrogens (tertiary/aromatic N) is 4. The Bertz CT molecular complexity index is 1620. The van der Waals surface area contributed by atoms with E-state index < -0.39 is 23.0 Å². The van der Waals surface area contributed by atoms with Crippen molar-refractivity contribution in [2.24, 2.45) is 5.41 Å². The molecular weight excluding hydrogens is 547 g/mol. The Kier molecular flexibility index (Phi) is 7.92. The molecule has 1 aliphatic heterocycles. The minimum atomic E-state index is -0.783. The molecule has 0 bridgehead atoms. The molecule has 0 fully saturated rings. The van der Waals surface area contributed by atoms with E-state index in [0.717, 1.165) is 16.3 Å². The van der Waals surface area contributed by atoms with E-state index in [1.807, 2.05) is 19.9 Å². The highest BCUT2D eigenvalue weighted by molar-refractivity contribution is 5.99. The Morgan fingerprint density at radius 1 is 1.17 bits per heavy atom. The van der Waals surface area contributed by atoms with Crippen LogP contribution in [0.15, 0.2) is 42.1 Å². The summed E-state index contributed by atoms with van der Waals surface area (Å²) in [6, 6.07) is 6.52. The summed E-state index contributed by atoms with van der Waals surface area (Å²) >= 11 is 0. The molecule has 1 aromatic carbocycles. The van der Waals surface area contributed by atoms with Crippen LogP contribution in [0.2, 0.25) is 0 Å². The number of carbonyl (C=O) groups is 4. The third-order valence-corrected chi connectivity index (χ3v) is 7.62. The first kappa shape index (κ1) is 28.7. The first-order valence-corrected chi connectivity index (χ1v) is 13.6. The van der Waals surface area contributed by atoms with Gasteiger partial charge in [0.15, 0.2) is 18.1 Å². The second kappa shape index (κ2) is 11.6. The molecule has 12 nitrogen and oxygen atoms in total. The number of methoxy groups -OCH3 is 1. The lowest BCUT2D eigenvalue weighted by Gasteiger charge is -2.30. The predicted octanol–water partition coefficient (Wildman–Crippen LogP) is 2.56. The topological polar surface area (TPSA) is 144 Å². The Labute approximate surface area is 240 Å². The number of esters is 1. The highest BCUT2D eigenvalue weighted by Crippen LogP contribution is 2.36. The molecule has 0 saturated carbocycles. The number of amides is 3. The molecule has 3 heterocycles. The Balaban J connectivity index is 1.30. The minimum Gasteiger partial charge on any atom is -0.482 e. The largest absolute Gasteiger partial charge is 0.482 e. The summed E-state index contributed by atoms with van der Waals surface area (Å²) in [6.45, 7) is 4.45. The second-order valence-corrected chi connectivity index (χ2v) is 10.5. The standard InChI is InChI=1S/C29H31FN6O6/c1-4-35-21-11-18(5-6-23(21)42-16-24(35)37)14-31-26(38)20-12-22(36-25(34-20)19(30)15-33-36)27(39)32-13-17-7-9-29(2,10-8-17)28(40)41-3/h5-7,11-12,15H,4,8-10,13-14,16H2,1-3H3,(H,31,38)(H,32,39). The zero-order chi connectivity index (χ0) is 30.0. The number of allylic oxidation sites excluding steroid dienone is 1. The number of nitrogens with one attached hydrogen (secondary N) is 2. The van der Waals surface area contributed by atoms with Gasteiger partial charge in [0.05, 0.1) is 24.4 Å². The van der Waals surface area contributed by atoms with Gasteiger partial charge in [-0.15, -0.1) is 0 Å². The van der Waals surface area contributed by atoms with Gasteiger partial charge in [-0.2, -0.15) is 5.10 Å². The van der Waals surface area contributed by atoms with Crippen molar-refractivity contribution in [2.45, 2.75) is 39.7 Å². The van der Waals surface area contributed by atoms with Gasteiger partial charge in [0.2, 0.25) is 0 Å². The zero-order valence-corrected chi connectivity index (χ0v) is 23.5. The molecule has 13 heteroatoms. The number of carbonyl (C=O) groups excluding carboxylic acids is 4. The number of hydrogen-bond donors (Lipinski definition) is 2. The van der Waals surface area contributed by atoms with E-state index in [9.17, 15) is 23.6 Å². The fraction of sp³-hybridized carbons (Fsp3) is 0.379. The van der Waals surface area contributed by atoms with Crippen LogP contribution in [0.5, 0.6) is 5.75 Å². The van der Waals surface area contributed by atoms with Crippen LogP contribution in [0, 0.1) is 11.2 Å². The number of anilines is 1. The van der Waals surface area contributed by atoms with Crippen molar-refractivity contribution in [2.75, 3.05) is 31.7 Å². The van der Waals surface area contributed by atoms with Crippen LogP contribution in [0.25, 0.3) is 5.65 Å². The van der Waals surface area contributed by atoms with Gasteiger partial charge in [0.25, 0.3) is 17.7 Å². The lowest BCUT2D eigenvalue weighted by molar-refractivity contribution is -0.152. The monoisotopic (exact) mass is 578 g/mol. The van der Waals surface area contributed by atoms with Crippen LogP contribution in [0.3, 0.4) is 0 Å². The van der Waals surface area contributed by atoms with Crippen LogP contribution >= 0.6 is 0 Å². The molecule has 0 radical (unpaired) electrons. The van der Waals surface area contributed by atoms with Crippen LogP contribution in [0.4, 0.5) is 10.1 Å². The van der Waals surface area contributed by atoms with Gasteiger partial charge in [0.1, 0.15) is 17.1 Å². The summed E-state index contributed by atoms with van der Waals surface area (Å²) in [5, 5.41) is 9.45. The third kappa shape index (κ3) is 5.54. The Morgan fingerprint density at radius 3 is 2.67 bits per heavy atom. The summed E-state index contributed by atoms with van der Waals surface area (Å²) in [5.74, 6) is -1.83. The molecule has 42 heavy (non-hydrogen) atoms. The summed E-state index contributed by atoms with van der Waals surface area (Å²) in [5.41, 5.74) is 1.17. The van der Waals surface area contributed by atoms with E-state index >= 15 is 0 Å². The normalized spacial score (nSPS) is 18.1. The summed E-state index contributed by atoms with van der Waals surface area (Å²) < 4.78 is 25.9. The summed E-state index contributed by atoms with van der Waals surface area (Å²) in [7, 11) is 1.36. The third-order valence-electron chi connectivity index (χ3n) is 7.62. The summed E-state index contributed by atoms with van der Waals surface area (Å²) in [6.07, 6.45) is 4.51. The minimum absolute atomic E-state index is 0.0292. The molecule has 1 atom stereocenters. The quantitative estimate of drug-likeness (QED) is 0.307. The first-order chi connectivity index (χ1) is 20.1. The van der Waals surface area contributed by atoms with Crippen molar-refractivity contribution in [3.8, 4) is 5.75 Å². The fourth-order valence-electron chi connectivity index (χ4n) is 5.08. The number of aromatic nitrogens is 3. The first-order valence-electron chi connectivity index (χ1n) is 13.6. The van der Waals surface area contributed by atoms with Crippen molar-refractivity contribution in [1.82, 2.24) is 25.2 Å². The van der Waals surface area contributed by atoms with Crippen molar-refractivity contribution in [3.63, 3.8) is 0 Å². The molecule has 0 spiro atoms. The van der Waals surface area contributed by atoms with E-state index in [0.29, 0.717) is 42.8 Å². The van der Waals surface area contributed by atoms with E-state index in [1.54, 1.807) is 23.1 Å². The molecule has 2 N–H and O–H groups in total. The molecule has 3 amide bonds. The molecular formula is C29H31FN6O6. The second-order valence-electron chi connectivity index (χ2n) is 10.5. The molecule has 1 aliphatic carbocycles. The van der Waals surface area contributed by atoms with Gasteiger partial charge in [-0.1, -0.05) is 17.7 Å². The zero-order valence-electron chi connectivity index (χ0n) is 23.5. The van der Waals surface area contributed by atoms with E-state index in [4.69, 9.17) is 9.47 Å². The van der Waals surface area contributed by atoms with Gasteiger partial charge >= 0.3 is 5.97 Å². The maximum atomic E-state index is 14.5. The molecule has 0 saturated heterocycles. The molecule has 5 rings (SSSR count). The highest BCUT2D eigenvalue weighted by atomic mass is 19.1. The number of ether oxygens (including phenoxy) is 2. The van der Waals surface area contributed by atoms with E-state index in [1.165, 1.54) is 13.2 Å². The highest BCUT2D eigenvalue weighted by Gasteiger charge is 2.35. The fourth-order valence-corrected chi connectivity index (χ4v) is 5.08. The number of hydrogen-bond acceptors (Lipinski definition) is 8. The van der Waals surface area contributed by atoms with Crippen molar-refractivity contribution >= 4 is 35.0 Å².